The second-order valence-electron chi connectivity index (χ2n) is 4.80. The Morgan fingerprint density at radius 1 is 1.13 bits per heavy atom. The molecule has 2 rings (SSSR count). The third-order valence-electron chi connectivity index (χ3n) is 3.58. The van der Waals surface area contributed by atoms with Gasteiger partial charge in [-0.25, -0.2) is 0 Å². The van der Waals surface area contributed by atoms with Crippen LogP contribution in [-0.2, 0) is 4.74 Å². The number of ether oxygens (including phenoxy) is 1. The summed E-state index contributed by atoms with van der Waals surface area (Å²) in [4.78, 5) is 2.70. The highest BCUT2D eigenvalue weighted by atomic mass is 16.5. The van der Waals surface area contributed by atoms with E-state index in [9.17, 15) is 0 Å². The van der Waals surface area contributed by atoms with E-state index in [0.29, 0.717) is 0 Å². The van der Waals surface area contributed by atoms with E-state index in [0.717, 1.165) is 25.2 Å². The van der Waals surface area contributed by atoms with Crippen LogP contribution in [0.4, 0.5) is 0 Å². The largest absolute Gasteiger partial charge is 0.383 e. The summed E-state index contributed by atoms with van der Waals surface area (Å²) in [6.07, 6.45) is 6.84. The average Bonchev–Trinajstić information content (AvgIpc) is 3.05. The third-order valence-corrected chi connectivity index (χ3v) is 3.58. The van der Waals surface area contributed by atoms with Crippen LogP contribution < -0.4 is 5.32 Å². The number of hydrogen-bond donors (Lipinski definition) is 1. The molecule has 2 aliphatic rings. The highest BCUT2D eigenvalue weighted by molar-refractivity contribution is 4.89. The zero-order valence-corrected chi connectivity index (χ0v) is 9.87. The van der Waals surface area contributed by atoms with Crippen molar-refractivity contribution in [3.05, 3.63) is 0 Å². The minimum atomic E-state index is 0.808. The van der Waals surface area contributed by atoms with Gasteiger partial charge < -0.3 is 10.1 Å². The van der Waals surface area contributed by atoms with Gasteiger partial charge in [-0.1, -0.05) is 0 Å². The summed E-state index contributed by atoms with van der Waals surface area (Å²) in [6.45, 7) is 4.42. The van der Waals surface area contributed by atoms with Gasteiger partial charge in [-0.05, 0) is 45.2 Å². The summed E-state index contributed by atoms with van der Waals surface area (Å²) in [5, 5.41) is 3.49. The van der Waals surface area contributed by atoms with Crippen molar-refractivity contribution < 1.29 is 4.74 Å². The summed E-state index contributed by atoms with van der Waals surface area (Å²) >= 11 is 0. The number of nitrogens with one attached hydrogen (secondary N) is 1. The minimum absolute atomic E-state index is 0.808. The van der Waals surface area contributed by atoms with E-state index < -0.39 is 0 Å². The van der Waals surface area contributed by atoms with Gasteiger partial charge in [0.15, 0.2) is 0 Å². The van der Waals surface area contributed by atoms with Crippen molar-refractivity contribution in [2.24, 2.45) is 0 Å². The van der Waals surface area contributed by atoms with Gasteiger partial charge in [0, 0.05) is 25.7 Å². The Labute approximate surface area is 93.2 Å². The lowest BCUT2D eigenvalue weighted by Crippen LogP contribution is -2.39. The molecule has 1 saturated carbocycles. The van der Waals surface area contributed by atoms with Crippen LogP contribution in [-0.4, -0.2) is 50.3 Å². The molecule has 0 aromatic carbocycles. The molecule has 3 heteroatoms. The third kappa shape index (κ3) is 3.44. The van der Waals surface area contributed by atoms with Crippen molar-refractivity contribution >= 4 is 0 Å². The summed E-state index contributed by atoms with van der Waals surface area (Å²) in [7, 11) is 1.81. The molecule has 1 N–H and O–H groups in total. The maximum Gasteiger partial charge on any atom is 0.0589 e. The standard InChI is InChI=1S/C12H24N2O/c1-15-10-9-14(12-4-5-12)11-3-2-7-13-8-6-11/h11-13H,2-10H2,1H3. The molecule has 1 atom stereocenters. The van der Waals surface area contributed by atoms with Gasteiger partial charge in [0.2, 0.25) is 0 Å². The van der Waals surface area contributed by atoms with Crippen molar-refractivity contribution in [2.45, 2.75) is 44.2 Å². The molecule has 2 fully saturated rings. The first-order valence-corrected chi connectivity index (χ1v) is 6.37. The molecule has 1 saturated heterocycles. The quantitative estimate of drug-likeness (QED) is 0.742. The Balaban J connectivity index is 1.83. The summed E-state index contributed by atoms with van der Waals surface area (Å²) in [6, 6.07) is 1.69. The Bertz CT molecular complexity index is 174. The fourth-order valence-electron chi connectivity index (χ4n) is 2.60. The van der Waals surface area contributed by atoms with E-state index in [4.69, 9.17) is 4.74 Å². The van der Waals surface area contributed by atoms with Gasteiger partial charge >= 0.3 is 0 Å². The normalized spacial score (nSPS) is 28.0. The molecule has 1 aliphatic heterocycles. The van der Waals surface area contributed by atoms with Gasteiger partial charge in [-0.2, -0.15) is 0 Å². The predicted molar refractivity (Wildman–Crippen MR) is 62.1 cm³/mol. The van der Waals surface area contributed by atoms with Crippen LogP contribution in [0.5, 0.6) is 0 Å². The fourth-order valence-corrected chi connectivity index (χ4v) is 2.60. The lowest BCUT2D eigenvalue weighted by atomic mass is 10.1. The molecule has 1 aliphatic carbocycles. The molecular formula is C12H24N2O. The average molecular weight is 212 g/mol. The predicted octanol–water partition coefficient (Wildman–Crippen LogP) is 1.24. The monoisotopic (exact) mass is 212 g/mol. The van der Waals surface area contributed by atoms with Crippen molar-refractivity contribution in [1.29, 1.82) is 0 Å². The van der Waals surface area contributed by atoms with Crippen molar-refractivity contribution in [2.75, 3.05) is 33.4 Å². The molecular weight excluding hydrogens is 188 g/mol. The van der Waals surface area contributed by atoms with E-state index in [-0.39, 0.29) is 0 Å². The summed E-state index contributed by atoms with van der Waals surface area (Å²) in [5.41, 5.74) is 0. The molecule has 0 spiro atoms. The second kappa shape index (κ2) is 5.83. The molecule has 3 nitrogen and oxygen atoms in total. The van der Waals surface area contributed by atoms with E-state index in [1.807, 2.05) is 0 Å². The Morgan fingerprint density at radius 3 is 2.67 bits per heavy atom. The highest BCUT2D eigenvalue weighted by Crippen LogP contribution is 2.30. The maximum atomic E-state index is 5.22. The van der Waals surface area contributed by atoms with Gasteiger partial charge in [-0.15, -0.1) is 0 Å². The Kier molecular flexibility index (Phi) is 4.42. The van der Waals surface area contributed by atoms with Crippen LogP contribution in [0.15, 0.2) is 0 Å². The first-order valence-electron chi connectivity index (χ1n) is 6.37. The summed E-state index contributed by atoms with van der Waals surface area (Å²) < 4.78 is 5.22. The molecule has 1 unspecified atom stereocenters. The molecule has 0 aromatic heterocycles. The van der Waals surface area contributed by atoms with Gasteiger partial charge in [-0.3, -0.25) is 4.90 Å². The first-order chi connectivity index (χ1) is 7.42. The molecule has 0 aromatic rings. The van der Waals surface area contributed by atoms with E-state index in [1.165, 1.54) is 45.2 Å². The van der Waals surface area contributed by atoms with E-state index in [2.05, 4.69) is 10.2 Å². The fraction of sp³-hybridized carbons (Fsp3) is 1.00. The molecule has 1 heterocycles. The highest BCUT2D eigenvalue weighted by Gasteiger charge is 2.33. The lowest BCUT2D eigenvalue weighted by Gasteiger charge is -2.30. The van der Waals surface area contributed by atoms with Crippen LogP contribution in [0.2, 0.25) is 0 Å². The SMILES string of the molecule is COCCN(C1CCCNCC1)C1CC1. The number of rotatable bonds is 5. The van der Waals surface area contributed by atoms with Gasteiger partial charge in [0.05, 0.1) is 6.61 Å². The molecule has 0 bridgehead atoms. The summed E-state index contributed by atoms with van der Waals surface area (Å²) in [5.74, 6) is 0. The van der Waals surface area contributed by atoms with Gasteiger partial charge in [0.25, 0.3) is 0 Å². The molecule has 0 radical (unpaired) electrons. The topological polar surface area (TPSA) is 24.5 Å². The number of methoxy groups -OCH3 is 1. The lowest BCUT2D eigenvalue weighted by molar-refractivity contribution is 0.108. The second-order valence-corrected chi connectivity index (χ2v) is 4.80. The smallest absolute Gasteiger partial charge is 0.0589 e. The van der Waals surface area contributed by atoms with E-state index in [1.54, 1.807) is 7.11 Å². The molecule has 15 heavy (non-hydrogen) atoms. The number of hydrogen-bond acceptors (Lipinski definition) is 3. The van der Waals surface area contributed by atoms with Crippen molar-refractivity contribution in [3.8, 4) is 0 Å². The van der Waals surface area contributed by atoms with Crippen molar-refractivity contribution in [1.82, 2.24) is 10.2 Å². The van der Waals surface area contributed by atoms with Crippen LogP contribution in [0.25, 0.3) is 0 Å². The zero-order valence-electron chi connectivity index (χ0n) is 9.87. The number of nitrogens with zero attached hydrogens (tertiary/aromatic N) is 1. The van der Waals surface area contributed by atoms with Crippen LogP contribution >= 0.6 is 0 Å². The molecule has 0 amide bonds. The Hall–Kier alpha value is -0.120. The van der Waals surface area contributed by atoms with E-state index >= 15 is 0 Å². The van der Waals surface area contributed by atoms with Gasteiger partial charge in [0.1, 0.15) is 0 Å². The first kappa shape index (κ1) is 11.4. The minimum Gasteiger partial charge on any atom is -0.383 e. The zero-order chi connectivity index (χ0) is 10.5. The van der Waals surface area contributed by atoms with Crippen LogP contribution in [0.3, 0.4) is 0 Å². The molecule has 88 valence electrons. The van der Waals surface area contributed by atoms with Crippen LogP contribution in [0.1, 0.15) is 32.1 Å². The maximum absolute atomic E-state index is 5.22. The Morgan fingerprint density at radius 2 is 1.93 bits per heavy atom. The van der Waals surface area contributed by atoms with Crippen LogP contribution in [0, 0.1) is 0 Å². The van der Waals surface area contributed by atoms with Crippen molar-refractivity contribution in [3.63, 3.8) is 0 Å².